The molecule has 7 heteroatoms. The fraction of sp³-hybridized carbons (Fsp3) is 0.417. The summed E-state index contributed by atoms with van der Waals surface area (Å²) in [5.41, 5.74) is 3.62. The van der Waals surface area contributed by atoms with Crippen LogP contribution in [-0.4, -0.2) is 39.4 Å². The van der Waals surface area contributed by atoms with E-state index < -0.39 is 26.7 Å². The minimum absolute atomic E-state index is 0.0239. The van der Waals surface area contributed by atoms with E-state index in [-0.39, 0.29) is 23.5 Å². The maximum absolute atomic E-state index is 12.1. The molecule has 6 nitrogen and oxygen atoms in total. The lowest BCUT2D eigenvalue weighted by Crippen LogP contribution is -2.46. The van der Waals surface area contributed by atoms with E-state index in [1.165, 1.54) is 6.08 Å². The Balaban J connectivity index is 2.46. The zero-order chi connectivity index (χ0) is 32.0. The molecule has 0 fully saturated rings. The third-order valence-electron chi connectivity index (χ3n) is 7.58. The molecule has 3 atom stereocenters. The second-order valence-electron chi connectivity index (χ2n) is 12.3. The molecule has 0 aliphatic heterocycles. The van der Waals surface area contributed by atoms with Crippen LogP contribution in [0.25, 0.3) is 0 Å². The van der Waals surface area contributed by atoms with Crippen LogP contribution in [0.3, 0.4) is 0 Å². The van der Waals surface area contributed by atoms with Gasteiger partial charge in [-0.15, -0.1) is 0 Å². The van der Waals surface area contributed by atoms with Crippen molar-refractivity contribution in [2.45, 2.75) is 90.7 Å². The Hall–Kier alpha value is -3.23. The fourth-order valence-corrected chi connectivity index (χ4v) is 5.24. The van der Waals surface area contributed by atoms with Crippen LogP contribution < -0.4 is 0 Å². The topological polar surface area (TPSA) is 63.2 Å². The van der Waals surface area contributed by atoms with Crippen molar-refractivity contribution in [3.05, 3.63) is 121 Å². The first-order chi connectivity index (χ1) is 20.2. The molecule has 0 saturated heterocycles. The van der Waals surface area contributed by atoms with Gasteiger partial charge < -0.3 is 23.4 Å². The summed E-state index contributed by atoms with van der Waals surface area (Å²) in [6, 6.07) is 20.0. The summed E-state index contributed by atoms with van der Waals surface area (Å²) in [4.78, 5) is 12.1. The first kappa shape index (κ1) is 36.0. The lowest BCUT2D eigenvalue weighted by Gasteiger charge is -2.40. The monoisotopic (exact) mass is 606 g/mol. The molecular weight excluding hydrogens is 556 g/mol. The average Bonchev–Trinajstić information content (AvgIpc) is 2.95. The molecule has 0 aliphatic carbocycles. The van der Waals surface area contributed by atoms with Crippen LogP contribution in [0.5, 0.6) is 0 Å². The van der Waals surface area contributed by atoms with Gasteiger partial charge in [0.05, 0.1) is 25.4 Å². The van der Waals surface area contributed by atoms with Crippen molar-refractivity contribution in [1.82, 2.24) is 0 Å². The van der Waals surface area contributed by atoms with E-state index in [9.17, 15) is 4.79 Å². The van der Waals surface area contributed by atoms with Crippen LogP contribution in [0.15, 0.2) is 109 Å². The van der Waals surface area contributed by atoms with Gasteiger partial charge in [-0.2, -0.15) is 0 Å². The van der Waals surface area contributed by atoms with E-state index in [0.29, 0.717) is 25.2 Å². The van der Waals surface area contributed by atoms with E-state index in [1.807, 2.05) is 80.6 Å². The molecule has 0 heterocycles. The van der Waals surface area contributed by atoms with Crippen LogP contribution >= 0.6 is 0 Å². The average molecular weight is 607 g/mol. The fourth-order valence-electron chi connectivity index (χ4n) is 3.87. The minimum atomic E-state index is -2.13. The van der Waals surface area contributed by atoms with Crippen molar-refractivity contribution >= 4 is 14.5 Å². The maximum atomic E-state index is 12.1. The van der Waals surface area contributed by atoms with Crippen LogP contribution in [0.1, 0.15) is 52.2 Å². The summed E-state index contributed by atoms with van der Waals surface area (Å²) in [5, 5.41) is 0.0239. The summed E-state index contributed by atoms with van der Waals surface area (Å²) in [7, 11) is -2.13. The zero-order valence-electron chi connectivity index (χ0n) is 27.1. The maximum Gasteiger partial charge on any atom is 0.514 e. The van der Waals surface area contributed by atoms with Crippen molar-refractivity contribution in [2.75, 3.05) is 6.61 Å². The number of benzene rings is 2. The Morgan fingerprint density at radius 1 is 0.907 bits per heavy atom. The first-order valence-corrected chi connectivity index (χ1v) is 17.6. The molecule has 0 radical (unpaired) electrons. The predicted molar refractivity (Wildman–Crippen MR) is 177 cm³/mol. The quantitative estimate of drug-likeness (QED) is 0.0588. The van der Waals surface area contributed by atoms with Crippen molar-refractivity contribution in [1.29, 1.82) is 0 Å². The minimum Gasteiger partial charge on any atom is -0.430 e. The Kier molecular flexibility index (Phi) is 14.4. The van der Waals surface area contributed by atoms with Crippen molar-refractivity contribution in [3.8, 4) is 0 Å². The lowest BCUT2D eigenvalue weighted by atomic mass is 10.00. The third-order valence-corrected chi connectivity index (χ3v) is 12.1. The molecule has 0 unspecified atom stereocenters. The van der Waals surface area contributed by atoms with Gasteiger partial charge in [-0.05, 0) is 54.8 Å². The van der Waals surface area contributed by atoms with Crippen molar-refractivity contribution < 1.29 is 28.2 Å². The summed E-state index contributed by atoms with van der Waals surface area (Å²) >= 11 is 0. The SMILES string of the molecule is C=CCOC(=O)OC(=C)/C(C)=C/[C@H](OCc1ccccc1)[C@H](C[C@H](O[Si](C)(C)C(C)(C)C)C(=C)C)OCc1ccccc1. The standard InChI is InChI=1S/C36H50O6Si/c1-11-22-38-35(37)41-29(5)28(4)23-33(39-25-30-18-14-12-15-19-30)34(40-26-31-20-16-13-17-21-31)24-32(27(2)3)42-43(9,10)36(6,7)8/h11-21,23,32-34H,1-2,5,22,24-26H2,3-4,6-10H3/b28-23+/t32-,33-,34-/m0/s1. The number of allylic oxidation sites excluding steroid dienone is 1. The highest BCUT2D eigenvalue weighted by molar-refractivity contribution is 6.74. The predicted octanol–water partition coefficient (Wildman–Crippen LogP) is 9.31. The Labute approximate surface area is 260 Å². The largest absolute Gasteiger partial charge is 0.514 e. The lowest BCUT2D eigenvalue weighted by molar-refractivity contribution is -0.0778. The second kappa shape index (κ2) is 17.2. The molecule has 0 bridgehead atoms. The summed E-state index contributed by atoms with van der Waals surface area (Å²) < 4.78 is 30.3. The zero-order valence-corrected chi connectivity index (χ0v) is 28.1. The summed E-state index contributed by atoms with van der Waals surface area (Å²) in [5.74, 6) is 0.165. The van der Waals surface area contributed by atoms with E-state index in [0.717, 1.165) is 16.7 Å². The Morgan fingerprint density at radius 2 is 1.44 bits per heavy atom. The molecule has 0 aromatic heterocycles. The molecule has 2 aromatic rings. The van der Waals surface area contributed by atoms with Gasteiger partial charge in [0, 0.05) is 6.42 Å². The molecule has 0 N–H and O–H groups in total. The van der Waals surface area contributed by atoms with E-state index >= 15 is 0 Å². The van der Waals surface area contributed by atoms with Crippen LogP contribution in [-0.2, 0) is 36.6 Å². The number of carbonyl (C=O) groups is 1. The van der Waals surface area contributed by atoms with Crippen LogP contribution in [0.4, 0.5) is 4.79 Å². The van der Waals surface area contributed by atoms with Crippen molar-refractivity contribution in [3.63, 3.8) is 0 Å². The van der Waals surface area contributed by atoms with Gasteiger partial charge in [-0.1, -0.05) is 113 Å². The van der Waals surface area contributed by atoms with Gasteiger partial charge in [0.25, 0.3) is 0 Å². The number of rotatable bonds is 17. The molecule has 0 spiro atoms. The third kappa shape index (κ3) is 12.5. The molecule has 0 aliphatic rings. The first-order valence-electron chi connectivity index (χ1n) is 14.7. The molecule has 2 aromatic carbocycles. The Morgan fingerprint density at radius 3 is 1.93 bits per heavy atom. The van der Waals surface area contributed by atoms with Crippen LogP contribution in [0, 0.1) is 0 Å². The molecule has 2 rings (SSSR count). The van der Waals surface area contributed by atoms with Gasteiger partial charge in [-0.25, -0.2) is 4.79 Å². The highest BCUT2D eigenvalue weighted by Crippen LogP contribution is 2.39. The highest BCUT2D eigenvalue weighted by Gasteiger charge is 2.40. The van der Waals surface area contributed by atoms with Gasteiger partial charge in [0.1, 0.15) is 18.5 Å². The second-order valence-corrected chi connectivity index (χ2v) is 17.0. The highest BCUT2D eigenvalue weighted by atomic mass is 28.4. The number of hydrogen-bond donors (Lipinski definition) is 0. The summed E-state index contributed by atoms with van der Waals surface area (Å²) in [6.45, 7) is 27.5. The number of ether oxygens (including phenoxy) is 4. The molecule has 0 saturated carbocycles. The van der Waals surface area contributed by atoms with Gasteiger partial charge in [-0.3, -0.25) is 0 Å². The van der Waals surface area contributed by atoms with E-state index in [2.05, 4.69) is 53.6 Å². The Bertz CT molecular complexity index is 1210. The molecular formula is C36H50O6Si. The van der Waals surface area contributed by atoms with E-state index in [1.54, 1.807) is 0 Å². The van der Waals surface area contributed by atoms with Crippen molar-refractivity contribution in [2.24, 2.45) is 0 Å². The van der Waals surface area contributed by atoms with Gasteiger partial charge in [0.2, 0.25) is 0 Å². The van der Waals surface area contributed by atoms with Crippen LogP contribution in [0.2, 0.25) is 18.1 Å². The van der Waals surface area contributed by atoms with Gasteiger partial charge >= 0.3 is 6.16 Å². The molecule has 43 heavy (non-hydrogen) atoms. The molecule has 0 amide bonds. The summed E-state index contributed by atoms with van der Waals surface area (Å²) in [6.07, 6.45) is 1.84. The molecule has 234 valence electrons. The smallest absolute Gasteiger partial charge is 0.430 e. The normalized spacial score (nSPS) is 14.3. The number of hydrogen-bond acceptors (Lipinski definition) is 6. The number of carbonyl (C=O) groups excluding carboxylic acids is 1. The van der Waals surface area contributed by atoms with E-state index in [4.69, 9.17) is 23.4 Å². The van der Waals surface area contributed by atoms with Gasteiger partial charge in [0.15, 0.2) is 8.32 Å².